The molecule has 0 rings (SSSR count). The number of allylic oxidation sites excluding steroid dienone is 13. The Morgan fingerprint density at radius 1 is 0.672 bits per heavy atom. The number of quaternary nitrogens is 1. The molecule has 0 aliphatic rings. The summed E-state index contributed by atoms with van der Waals surface area (Å²) >= 11 is 0. The molecule has 0 amide bonds. The van der Waals surface area contributed by atoms with Crippen LogP contribution in [0.15, 0.2) is 97.2 Å². The van der Waals surface area contributed by atoms with Crippen molar-refractivity contribution in [3.8, 4) is 0 Å². The van der Waals surface area contributed by atoms with Crippen molar-refractivity contribution in [2.45, 2.75) is 147 Å². The topological polar surface area (TPSA) is 172 Å². The number of rotatable bonds is 38. The highest BCUT2D eigenvalue weighted by Crippen LogP contribution is 2.38. The highest BCUT2D eigenvalue weighted by atomic mass is 31.2. The van der Waals surface area contributed by atoms with Crippen LogP contribution in [-0.4, -0.2) is 104 Å². The third-order valence-electron chi connectivity index (χ3n) is 8.93. The maximum atomic E-state index is 12.7. The molecule has 0 aromatic heterocycles. The van der Waals surface area contributed by atoms with Gasteiger partial charge in [-0.25, -0.2) is 0 Å². The SMILES string of the molecule is CC/C=C\C[C@@H](O)/C=C/C=C/C=C\C=C/[C@H](O)[C@@H](O)CCCC(=O)OC[C@H](COP(=O)([O-])OCC[N+](C)(C)C)OC(=O)CCCCCC/C=C\C/C=C\C/C=C\CCCCC. The average molecular weight is 878 g/mol. The number of nitrogens with zero attached hydrogens (tertiary/aromatic N) is 1. The number of hydrogen-bond donors (Lipinski definition) is 3. The number of phosphoric ester groups is 1. The van der Waals surface area contributed by atoms with Gasteiger partial charge in [0, 0.05) is 12.8 Å². The van der Waals surface area contributed by atoms with Crippen molar-refractivity contribution in [3.63, 3.8) is 0 Å². The van der Waals surface area contributed by atoms with Gasteiger partial charge in [-0.2, -0.15) is 0 Å². The molecule has 0 heterocycles. The molecule has 12 nitrogen and oxygen atoms in total. The standard InChI is InChI=1S/C48H80NO11P/c1-6-8-10-11-12-13-14-15-16-17-18-19-20-21-22-27-31-37-48(54)60-44(42-59-61(55,56)58-40-39-49(3,4)5)41-57-47(53)38-32-36-46(52)45(51)35-30-26-24-23-25-29-34-43(50)33-28-9-7-2/h9,12-13,15-16,18-19,23-26,28-30,34-35,43-46,50-52H,6-8,10-11,14,17,20-22,27,31-33,36-42H2,1-5H3/b13-12-,16-15-,19-18-,25-23+,26-24-,28-9-,34-29+,35-30-/t43-,44-,45+,46+/m1/s1. The van der Waals surface area contributed by atoms with E-state index in [1.165, 1.54) is 25.3 Å². The first-order valence-corrected chi connectivity index (χ1v) is 23.7. The van der Waals surface area contributed by atoms with Crippen LogP contribution in [0.4, 0.5) is 0 Å². The van der Waals surface area contributed by atoms with Crippen LogP contribution in [-0.2, 0) is 32.7 Å². The third-order valence-corrected chi connectivity index (χ3v) is 9.89. The molecule has 0 aliphatic carbocycles. The molecule has 3 N–H and O–H groups in total. The van der Waals surface area contributed by atoms with Crippen LogP contribution in [0.3, 0.4) is 0 Å². The van der Waals surface area contributed by atoms with Gasteiger partial charge in [0.15, 0.2) is 6.10 Å². The molecule has 0 aromatic carbocycles. The monoisotopic (exact) mass is 878 g/mol. The Morgan fingerprint density at radius 2 is 1.26 bits per heavy atom. The van der Waals surface area contributed by atoms with Gasteiger partial charge in [0.2, 0.25) is 0 Å². The molecule has 5 atom stereocenters. The molecule has 61 heavy (non-hydrogen) atoms. The minimum absolute atomic E-state index is 0.0895. The van der Waals surface area contributed by atoms with Gasteiger partial charge in [-0.1, -0.05) is 137 Å². The van der Waals surface area contributed by atoms with E-state index in [4.69, 9.17) is 18.5 Å². The number of esters is 2. The minimum atomic E-state index is -4.72. The molecule has 0 radical (unpaired) electrons. The minimum Gasteiger partial charge on any atom is -0.756 e. The Kier molecular flexibility index (Phi) is 36.5. The second kappa shape index (κ2) is 38.5. The molecule has 13 heteroatoms. The summed E-state index contributed by atoms with van der Waals surface area (Å²) in [5, 5.41) is 30.5. The summed E-state index contributed by atoms with van der Waals surface area (Å²) in [6.07, 6.45) is 39.5. The van der Waals surface area contributed by atoms with Crippen molar-refractivity contribution in [3.05, 3.63) is 97.2 Å². The highest BCUT2D eigenvalue weighted by Gasteiger charge is 2.22. The molecule has 0 aliphatic heterocycles. The molecule has 0 saturated carbocycles. The van der Waals surface area contributed by atoms with Crippen LogP contribution in [0.2, 0.25) is 0 Å². The first-order valence-electron chi connectivity index (χ1n) is 22.3. The summed E-state index contributed by atoms with van der Waals surface area (Å²) < 4.78 is 33.6. The lowest BCUT2D eigenvalue weighted by Crippen LogP contribution is -2.37. The van der Waals surface area contributed by atoms with E-state index in [1.807, 2.05) is 40.2 Å². The summed E-state index contributed by atoms with van der Waals surface area (Å²) in [7, 11) is 0.940. The number of carbonyl (C=O) groups is 2. The molecule has 348 valence electrons. The van der Waals surface area contributed by atoms with E-state index < -0.39 is 57.4 Å². The van der Waals surface area contributed by atoms with Crippen molar-refractivity contribution in [1.29, 1.82) is 0 Å². The number of unbranched alkanes of at least 4 members (excludes halogenated alkanes) is 7. The summed E-state index contributed by atoms with van der Waals surface area (Å²) in [5.74, 6) is -1.20. The Morgan fingerprint density at radius 3 is 1.90 bits per heavy atom. The maximum Gasteiger partial charge on any atom is 0.306 e. The zero-order chi connectivity index (χ0) is 45.5. The fourth-order valence-corrected chi connectivity index (χ4v) is 6.02. The lowest BCUT2D eigenvalue weighted by Gasteiger charge is -2.28. The van der Waals surface area contributed by atoms with Gasteiger partial charge < -0.3 is 43.2 Å². The van der Waals surface area contributed by atoms with Crippen LogP contribution in [0.5, 0.6) is 0 Å². The van der Waals surface area contributed by atoms with Gasteiger partial charge in [-0.05, 0) is 70.6 Å². The fourth-order valence-electron chi connectivity index (χ4n) is 5.29. The smallest absolute Gasteiger partial charge is 0.306 e. The highest BCUT2D eigenvalue weighted by molar-refractivity contribution is 7.45. The summed E-state index contributed by atoms with van der Waals surface area (Å²) in [4.78, 5) is 37.6. The van der Waals surface area contributed by atoms with Crippen LogP contribution in [0.25, 0.3) is 0 Å². The quantitative estimate of drug-likeness (QED) is 0.0135. The van der Waals surface area contributed by atoms with Gasteiger partial charge in [-0.3, -0.25) is 14.2 Å². The first kappa shape index (κ1) is 57.8. The van der Waals surface area contributed by atoms with Crippen LogP contribution >= 0.6 is 7.82 Å². The van der Waals surface area contributed by atoms with Gasteiger partial charge >= 0.3 is 11.9 Å². The molecule has 0 fully saturated rings. The van der Waals surface area contributed by atoms with Gasteiger partial charge in [0.05, 0.1) is 46.1 Å². The Balaban J connectivity index is 4.74. The molecular formula is C48H80NO11P. The lowest BCUT2D eigenvalue weighted by molar-refractivity contribution is -0.870. The Labute approximate surface area is 368 Å². The lowest BCUT2D eigenvalue weighted by atomic mass is 10.1. The predicted molar refractivity (Wildman–Crippen MR) is 244 cm³/mol. The second-order valence-electron chi connectivity index (χ2n) is 15.9. The van der Waals surface area contributed by atoms with Crippen molar-refractivity contribution in [1.82, 2.24) is 0 Å². The second-order valence-corrected chi connectivity index (χ2v) is 17.3. The zero-order valence-electron chi connectivity index (χ0n) is 37.9. The largest absolute Gasteiger partial charge is 0.756 e. The number of ether oxygens (including phenoxy) is 2. The third kappa shape index (κ3) is 40.6. The van der Waals surface area contributed by atoms with Crippen molar-refractivity contribution in [2.75, 3.05) is 47.5 Å². The first-order chi connectivity index (χ1) is 29.2. The summed E-state index contributed by atoms with van der Waals surface area (Å²) in [6.45, 7) is 3.55. The maximum absolute atomic E-state index is 12.7. The van der Waals surface area contributed by atoms with Gasteiger partial charge in [-0.15, -0.1) is 0 Å². The number of aliphatic hydroxyl groups excluding tert-OH is 3. The predicted octanol–water partition coefficient (Wildman–Crippen LogP) is 8.85. The molecule has 0 spiro atoms. The number of aliphatic hydroxyl groups is 3. The van der Waals surface area contributed by atoms with E-state index in [9.17, 15) is 34.4 Å². The van der Waals surface area contributed by atoms with Crippen LogP contribution < -0.4 is 4.89 Å². The van der Waals surface area contributed by atoms with Crippen LogP contribution in [0, 0.1) is 0 Å². The number of hydrogen-bond acceptors (Lipinski definition) is 11. The summed E-state index contributed by atoms with van der Waals surface area (Å²) in [6, 6.07) is 0. The van der Waals surface area contributed by atoms with Gasteiger partial charge in [0.1, 0.15) is 19.8 Å². The molecule has 0 bridgehead atoms. The van der Waals surface area contributed by atoms with Gasteiger partial charge in [0.25, 0.3) is 7.82 Å². The van der Waals surface area contributed by atoms with E-state index in [1.54, 1.807) is 42.5 Å². The Hall–Kier alpha value is -3.19. The number of phosphoric acid groups is 1. The normalized spacial score (nSPS) is 16.0. The van der Waals surface area contributed by atoms with Crippen molar-refractivity contribution >= 4 is 19.8 Å². The van der Waals surface area contributed by atoms with Crippen molar-refractivity contribution < 1.29 is 57.4 Å². The Bertz CT molecular complexity index is 1410. The fraction of sp³-hybridized carbons (Fsp3) is 0.625. The zero-order valence-corrected chi connectivity index (χ0v) is 38.8. The van der Waals surface area contributed by atoms with E-state index >= 15 is 0 Å². The van der Waals surface area contributed by atoms with E-state index in [0.29, 0.717) is 23.9 Å². The number of likely N-dealkylation sites (N-methyl/N-ethyl adjacent to an activating group) is 1. The average Bonchev–Trinajstić information content (AvgIpc) is 3.20. The van der Waals surface area contributed by atoms with Crippen molar-refractivity contribution in [2.24, 2.45) is 0 Å². The van der Waals surface area contributed by atoms with Crippen LogP contribution in [0.1, 0.15) is 123 Å². The molecule has 1 unspecified atom stereocenters. The van der Waals surface area contributed by atoms with E-state index in [2.05, 4.69) is 43.4 Å². The number of carbonyl (C=O) groups excluding carboxylic acids is 2. The van der Waals surface area contributed by atoms with E-state index in [0.717, 1.165) is 51.4 Å². The van der Waals surface area contributed by atoms with E-state index in [-0.39, 0.29) is 32.3 Å². The summed E-state index contributed by atoms with van der Waals surface area (Å²) in [5.41, 5.74) is 0. The molecule has 0 saturated heterocycles. The molecular weight excluding hydrogens is 797 g/mol. The molecule has 0 aromatic rings.